The number of rotatable bonds is 5. The largest absolute Gasteiger partial charge is 0.348 e. The highest BCUT2D eigenvalue weighted by Gasteiger charge is 1.98. The highest BCUT2D eigenvalue weighted by Crippen LogP contribution is 2.15. The number of hydrogen-bond acceptors (Lipinski definition) is 1. The first-order valence-corrected chi connectivity index (χ1v) is 7.25. The van der Waals surface area contributed by atoms with E-state index in [1.165, 1.54) is 5.56 Å². The monoisotopic (exact) mass is 279 g/mol. The van der Waals surface area contributed by atoms with E-state index in [1.807, 2.05) is 48.5 Å². The molecule has 2 heteroatoms. The van der Waals surface area contributed by atoms with E-state index in [0.29, 0.717) is 12.5 Å². The lowest BCUT2D eigenvalue weighted by Gasteiger charge is -2.05. The average molecular weight is 279 g/mol. The number of carbonyl (C=O) groups is 1. The molecule has 0 fully saturated rings. The molecule has 0 unspecified atom stereocenters. The minimum absolute atomic E-state index is 0.0770. The van der Waals surface area contributed by atoms with E-state index < -0.39 is 0 Å². The Bertz CT molecular complexity index is 597. The van der Waals surface area contributed by atoms with Gasteiger partial charge in [0.15, 0.2) is 0 Å². The van der Waals surface area contributed by atoms with Crippen LogP contribution in [0.2, 0.25) is 0 Å². The number of amides is 1. The quantitative estimate of drug-likeness (QED) is 0.819. The van der Waals surface area contributed by atoms with Crippen LogP contribution in [-0.2, 0) is 11.3 Å². The molecule has 0 aromatic heterocycles. The molecule has 0 aliphatic rings. The molecule has 2 aromatic carbocycles. The third kappa shape index (κ3) is 4.92. The molecule has 1 N–H and O–H groups in total. The zero-order valence-electron chi connectivity index (χ0n) is 12.5. The third-order valence-corrected chi connectivity index (χ3v) is 3.34. The van der Waals surface area contributed by atoms with Gasteiger partial charge < -0.3 is 5.32 Å². The van der Waals surface area contributed by atoms with Crippen LogP contribution in [-0.4, -0.2) is 5.91 Å². The minimum Gasteiger partial charge on any atom is -0.348 e. The normalized spacial score (nSPS) is 11.0. The molecule has 108 valence electrons. The molecule has 0 heterocycles. The van der Waals surface area contributed by atoms with Crippen LogP contribution in [0.3, 0.4) is 0 Å². The summed E-state index contributed by atoms with van der Waals surface area (Å²) in [5.74, 6) is 0.448. The molecule has 21 heavy (non-hydrogen) atoms. The van der Waals surface area contributed by atoms with Gasteiger partial charge in [0.2, 0.25) is 5.91 Å². The topological polar surface area (TPSA) is 29.1 Å². The Morgan fingerprint density at radius 1 is 1.05 bits per heavy atom. The Kier molecular flexibility index (Phi) is 5.33. The Balaban J connectivity index is 1.87. The summed E-state index contributed by atoms with van der Waals surface area (Å²) < 4.78 is 0. The van der Waals surface area contributed by atoms with Crippen molar-refractivity contribution in [2.24, 2.45) is 0 Å². The van der Waals surface area contributed by atoms with Crippen LogP contribution in [0.1, 0.15) is 36.5 Å². The molecular weight excluding hydrogens is 258 g/mol. The summed E-state index contributed by atoms with van der Waals surface area (Å²) in [5, 5.41) is 2.87. The number of nitrogens with one attached hydrogen (secondary N) is 1. The first-order chi connectivity index (χ1) is 10.1. The highest BCUT2D eigenvalue weighted by atomic mass is 16.1. The van der Waals surface area contributed by atoms with E-state index in [2.05, 4.69) is 31.3 Å². The van der Waals surface area contributed by atoms with Crippen LogP contribution >= 0.6 is 0 Å². The van der Waals surface area contributed by atoms with Gasteiger partial charge in [-0.1, -0.05) is 68.4 Å². The standard InChI is InChI=1S/C19H21NO/c1-15(2)18-11-8-16(9-12-18)10-13-19(21)20-14-17-6-4-3-5-7-17/h3-13,15H,14H2,1-2H3,(H,20,21). The molecule has 0 bridgehead atoms. The van der Waals surface area contributed by atoms with Gasteiger partial charge in [-0.3, -0.25) is 4.79 Å². The van der Waals surface area contributed by atoms with Gasteiger partial charge in [-0.2, -0.15) is 0 Å². The van der Waals surface area contributed by atoms with E-state index in [1.54, 1.807) is 6.08 Å². The molecular formula is C19H21NO. The van der Waals surface area contributed by atoms with Crippen LogP contribution in [0.4, 0.5) is 0 Å². The maximum absolute atomic E-state index is 11.8. The summed E-state index contributed by atoms with van der Waals surface area (Å²) in [6.45, 7) is 4.89. The molecule has 0 radical (unpaired) electrons. The van der Waals surface area contributed by atoms with E-state index in [9.17, 15) is 4.79 Å². The van der Waals surface area contributed by atoms with Crippen LogP contribution in [0.25, 0.3) is 6.08 Å². The molecule has 2 nitrogen and oxygen atoms in total. The summed E-state index contributed by atoms with van der Waals surface area (Å²) in [7, 11) is 0. The van der Waals surface area contributed by atoms with E-state index >= 15 is 0 Å². The van der Waals surface area contributed by atoms with Crippen LogP contribution in [0.15, 0.2) is 60.7 Å². The summed E-state index contributed by atoms with van der Waals surface area (Å²) in [6.07, 6.45) is 3.41. The lowest BCUT2D eigenvalue weighted by atomic mass is 10.0. The van der Waals surface area contributed by atoms with Crippen LogP contribution in [0, 0.1) is 0 Å². The average Bonchev–Trinajstić information content (AvgIpc) is 2.52. The maximum Gasteiger partial charge on any atom is 0.244 e. The van der Waals surface area contributed by atoms with Crippen molar-refractivity contribution >= 4 is 12.0 Å². The molecule has 0 atom stereocenters. The fraction of sp³-hybridized carbons (Fsp3) is 0.211. The lowest BCUT2D eigenvalue weighted by Crippen LogP contribution is -2.20. The maximum atomic E-state index is 11.8. The molecule has 0 spiro atoms. The van der Waals surface area contributed by atoms with Gasteiger partial charge >= 0.3 is 0 Å². The van der Waals surface area contributed by atoms with E-state index in [-0.39, 0.29) is 5.91 Å². The van der Waals surface area contributed by atoms with Crippen molar-refractivity contribution in [2.45, 2.75) is 26.3 Å². The van der Waals surface area contributed by atoms with E-state index in [0.717, 1.165) is 11.1 Å². The second-order valence-corrected chi connectivity index (χ2v) is 5.36. The predicted molar refractivity (Wildman–Crippen MR) is 87.9 cm³/mol. The van der Waals surface area contributed by atoms with Gasteiger partial charge in [0.25, 0.3) is 0 Å². The molecule has 0 aliphatic heterocycles. The van der Waals surface area contributed by atoms with Crippen molar-refractivity contribution < 1.29 is 4.79 Å². The van der Waals surface area contributed by atoms with Crippen molar-refractivity contribution in [1.29, 1.82) is 0 Å². The molecule has 0 saturated heterocycles. The van der Waals surface area contributed by atoms with Crippen molar-refractivity contribution in [3.8, 4) is 0 Å². The summed E-state index contributed by atoms with van der Waals surface area (Å²) in [4.78, 5) is 11.8. The predicted octanol–water partition coefficient (Wildman–Crippen LogP) is 4.14. The van der Waals surface area contributed by atoms with Gasteiger partial charge in [0.1, 0.15) is 0 Å². The van der Waals surface area contributed by atoms with Gasteiger partial charge in [0.05, 0.1) is 0 Å². The van der Waals surface area contributed by atoms with Crippen molar-refractivity contribution in [1.82, 2.24) is 5.32 Å². The molecule has 0 saturated carbocycles. The number of benzene rings is 2. The second kappa shape index (κ2) is 7.44. The highest BCUT2D eigenvalue weighted by molar-refractivity contribution is 5.91. The van der Waals surface area contributed by atoms with Gasteiger partial charge in [-0.05, 0) is 28.7 Å². The summed E-state index contributed by atoms with van der Waals surface area (Å²) in [5.41, 5.74) is 3.44. The third-order valence-electron chi connectivity index (χ3n) is 3.34. The minimum atomic E-state index is -0.0770. The lowest BCUT2D eigenvalue weighted by molar-refractivity contribution is -0.116. The van der Waals surface area contributed by atoms with Gasteiger partial charge in [-0.15, -0.1) is 0 Å². The van der Waals surface area contributed by atoms with Crippen LogP contribution in [0.5, 0.6) is 0 Å². The molecule has 1 amide bonds. The van der Waals surface area contributed by atoms with Crippen molar-refractivity contribution in [3.05, 3.63) is 77.4 Å². The van der Waals surface area contributed by atoms with Crippen molar-refractivity contribution in [3.63, 3.8) is 0 Å². The van der Waals surface area contributed by atoms with Crippen molar-refractivity contribution in [2.75, 3.05) is 0 Å². The first-order valence-electron chi connectivity index (χ1n) is 7.25. The fourth-order valence-electron chi connectivity index (χ4n) is 2.01. The zero-order valence-corrected chi connectivity index (χ0v) is 12.5. The Labute approximate surface area is 126 Å². The van der Waals surface area contributed by atoms with Crippen LogP contribution < -0.4 is 5.32 Å². The van der Waals surface area contributed by atoms with Gasteiger partial charge in [-0.25, -0.2) is 0 Å². The molecule has 0 aliphatic carbocycles. The fourth-order valence-corrected chi connectivity index (χ4v) is 2.01. The summed E-state index contributed by atoms with van der Waals surface area (Å²) in [6, 6.07) is 18.2. The Morgan fingerprint density at radius 3 is 2.33 bits per heavy atom. The molecule has 2 aromatic rings. The zero-order chi connectivity index (χ0) is 15.1. The Morgan fingerprint density at radius 2 is 1.71 bits per heavy atom. The van der Waals surface area contributed by atoms with E-state index in [4.69, 9.17) is 0 Å². The number of carbonyl (C=O) groups excluding carboxylic acids is 1. The smallest absolute Gasteiger partial charge is 0.244 e. The SMILES string of the molecule is CC(C)c1ccc(C=CC(=O)NCc2ccccc2)cc1. The summed E-state index contributed by atoms with van der Waals surface area (Å²) >= 11 is 0. The molecule has 2 rings (SSSR count). The number of hydrogen-bond donors (Lipinski definition) is 1. The first kappa shape index (κ1) is 15.0. The van der Waals surface area contributed by atoms with Gasteiger partial charge in [0, 0.05) is 12.6 Å². The Hall–Kier alpha value is -2.35. The second-order valence-electron chi connectivity index (χ2n) is 5.36.